The molecule has 3 aliphatic rings. The Morgan fingerprint density at radius 3 is 2.49 bits per heavy atom. The molecule has 2 fully saturated rings. The average Bonchev–Trinajstić information content (AvgIpc) is 3.25. The van der Waals surface area contributed by atoms with E-state index >= 15 is 0 Å². The van der Waals surface area contributed by atoms with Gasteiger partial charge >= 0.3 is 6.03 Å². The van der Waals surface area contributed by atoms with E-state index in [2.05, 4.69) is 10.6 Å². The number of anilines is 2. The summed E-state index contributed by atoms with van der Waals surface area (Å²) in [6, 6.07) is 11.4. The first kappa shape index (κ1) is 22.7. The Bertz CT molecular complexity index is 1200. The van der Waals surface area contributed by atoms with E-state index in [1.165, 1.54) is 0 Å². The molecule has 1 unspecified atom stereocenters. The number of nitrogens with one attached hydrogen (secondary N) is 2. The number of hydrogen-bond donors (Lipinski definition) is 2. The topological polar surface area (TPSA) is 117 Å². The third-order valence-corrected chi connectivity index (χ3v) is 6.44. The maximum absolute atomic E-state index is 13.2. The zero-order valence-corrected chi connectivity index (χ0v) is 19.3. The van der Waals surface area contributed by atoms with Gasteiger partial charge in [0.25, 0.3) is 5.91 Å². The number of rotatable bonds is 5. The predicted octanol–water partition coefficient (Wildman–Crippen LogP) is 2.38. The number of amides is 5. The van der Waals surface area contributed by atoms with E-state index < -0.39 is 29.9 Å². The summed E-state index contributed by atoms with van der Waals surface area (Å²) in [6.45, 7) is 2.88. The molecule has 0 spiro atoms. The van der Waals surface area contributed by atoms with E-state index in [0.717, 1.165) is 23.4 Å². The minimum absolute atomic E-state index is 0.0805. The van der Waals surface area contributed by atoms with E-state index in [1.54, 1.807) is 54.3 Å². The minimum atomic E-state index is -1.34. The largest absolute Gasteiger partial charge is 0.490 e. The second kappa shape index (κ2) is 8.94. The molecule has 10 heteroatoms. The highest BCUT2D eigenvalue weighted by Crippen LogP contribution is 2.36. The Kier molecular flexibility index (Phi) is 5.80. The summed E-state index contributed by atoms with van der Waals surface area (Å²) in [4.78, 5) is 53.0. The van der Waals surface area contributed by atoms with Gasteiger partial charge in [-0.2, -0.15) is 0 Å². The second-order valence-corrected chi connectivity index (χ2v) is 8.90. The van der Waals surface area contributed by atoms with Crippen molar-refractivity contribution < 1.29 is 28.7 Å². The second-order valence-electron chi connectivity index (χ2n) is 8.90. The van der Waals surface area contributed by atoms with Crippen LogP contribution >= 0.6 is 0 Å². The van der Waals surface area contributed by atoms with Gasteiger partial charge in [0, 0.05) is 30.8 Å². The molecule has 5 rings (SSSR count). The van der Waals surface area contributed by atoms with Crippen LogP contribution in [-0.4, -0.2) is 55.0 Å². The number of ether oxygens (including phenoxy) is 2. The monoisotopic (exact) mass is 478 g/mol. The van der Waals surface area contributed by atoms with Crippen molar-refractivity contribution in [1.29, 1.82) is 0 Å². The van der Waals surface area contributed by atoms with Gasteiger partial charge in [-0.25, -0.2) is 4.79 Å². The molecule has 0 aromatic heterocycles. The standard InChI is InChI=1S/C25H26N4O6/c1-25(16-5-10-19-20(14-16)35-13-3-12-34-19)23(32)29(24(33)27-25)15-21(30)26-17-6-8-18(9-7-17)28-11-2-4-22(28)31/h5-10,14H,2-4,11-13,15H2,1H3,(H,26,30)(H,27,33). The summed E-state index contributed by atoms with van der Waals surface area (Å²) in [7, 11) is 0. The number of hydrogen-bond acceptors (Lipinski definition) is 6. The van der Waals surface area contributed by atoms with Gasteiger partial charge in [0.1, 0.15) is 12.1 Å². The van der Waals surface area contributed by atoms with Crippen molar-refractivity contribution in [3.8, 4) is 11.5 Å². The summed E-state index contributed by atoms with van der Waals surface area (Å²) in [5.41, 5.74) is 0.468. The molecule has 2 aromatic rings. The first-order valence-electron chi connectivity index (χ1n) is 11.6. The lowest BCUT2D eigenvalue weighted by Crippen LogP contribution is -2.42. The van der Waals surface area contributed by atoms with E-state index in [0.29, 0.717) is 48.9 Å². The number of carbonyl (C=O) groups excluding carboxylic acids is 4. The molecule has 3 aliphatic heterocycles. The van der Waals surface area contributed by atoms with Crippen molar-refractivity contribution >= 4 is 35.1 Å². The Morgan fingerprint density at radius 2 is 1.77 bits per heavy atom. The molecule has 0 radical (unpaired) electrons. The molecule has 0 saturated carbocycles. The van der Waals surface area contributed by atoms with Crippen LogP contribution in [0.1, 0.15) is 31.7 Å². The van der Waals surface area contributed by atoms with Crippen molar-refractivity contribution in [3.05, 3.63) is 48.0 Å². The number of fused-ring (bicyclic) bond motifs is 1. The summed E-state index contributed by atoms with van der Waals surface area (Å²) < 4.78 is 11.4. The first-order chi connectivity index (χ1) is 16.8. The van der Waals surface area contributed by atoms with Crippen LogP contribution in [0.4, 0.5) is 16.2 Å². The Morgan fingerprint density at radius 1 is 1.03 bits per heavy atom. The number of urea groups is 1. The number of benzene rings is 2. The van der Waals surface area contributed by atoms with Gasteiger partial charge in [0.15, 0.2) is 11.5 Å². The van der Waals surface area contributed by atoms with E-state index in [1.807, 2.05) is 0 Å². The van der Waals surface area contributed by atoms with Crippen molar-refractivity contribution in [1.82, 2.24) is 10.2 Å². The predicted molar refractivity (Wildman–Crippen MR) is 126 cm³/mol. The zero-order valence-electron chi connectivity index (χ0n) is 19.3. The van der Waals surface area contributed by atoms with E-state index in [9.17, 15) is 19.2 Å². The van der Waals surface area contributed by atoms with Gasteiger partial charge in [-0.3, -0.25) is 19.3 Å². The first-order valence-corrected chi connectivity index (χ1v) is 11.6. The van der Waals surface area contributed by atoms with Crippen LogP contribution in [0.5, 0.6) is 11.5 Å². The van der Waals surface area contributed by atoms with E-state index in [-0.39, 0.29) is 5.91 Å². The van der Waals surface area contributed by atoms with Gasteiger partial charge < -0.3 is 25.0 Å². The molecule has 35 heavy (non-hydrogen) atoms. The molecule has 2 aromatic carbocycles. The van der Waals surface area contributed by atoms with Crippen LogP contribution in [0.2, 0.25) is 0 Å². The average molecular weight is 479 g/mol. The molecular formula is C25H26N4O6. The van der Waals surface area contributed by atoms with Crippen molar-refractivity contribution in [2.24, 2.45) is 0 Å². The smallest absolute Gasteiger partial charge is 0.325 e. The molecule has 0 aliphatic carbocycles. The van der Waals surface area contributed by atoms with Crippen LogP contribution in [0.15, 0.2) is 42.5 Å². The maximum Gasteiger partial charge on any atom is 0.325 e. The SMILES string of the molecule is CC1(c2ccc3c(c2)OCCCO3)NC(=O)N(CC(=O)Nc2ccc(N3CCCC3=O)cc2)C1=O. The highest BCUT2D eigenvalue weighted by atomic mass is 16.5. The third kappa shape index (κ3) is 4.27. The normalized spacial score (nSPS) is 21.7. The Hall–Kier alpha value is -4.08. The summed E-state index contributed by atoms with van der Waals surface area (Å²) in [5.74, 6) is 0.134. The lowest BCUT2D eigenvalue weighted by Gasteiger charge is -2.23. The fourth-order valence-corrected chi connectivity index (χ4v) is 4.50. The van der Waals surface area contributed by atoms with E-state index in [4.69, 9.17) is 9.47 Å². The molecule has 10 nitrogen and oxygen atoms in total. The molecule has 2 N–H and O–H groups in total. The number of nitrogens with zero attached hydrogens (tertiary/aromatic N) is 2. The lowest BCUT2D eigenvalue weighted by atomic mass is 9.91. The van der Waals surface area contributed by atoms with Gasteiger partial charge in [-0.1, -0.05) is 6.07 Å². The molecular weight excluding hydrogens is 452 g/mol. The van der Waals surface area contributed by atoms with Crippen LogP contribution in [-0.2, 0) is 19.9 Å². The van der Waals surface area contributed by atoms with Crippen molar-refractivity contribution in [2.75, 3.05) is 36.5 Å². The molecule has 3 heterocycles. The van der Waals surface area contributed by atoms with Gasteiger partial charge in [-0.15, -0.1) is 0 Å². The van der Waals surface area contributed by atoms with Crippen LogP contribution in [0.25, 0.3) is 0 Å². The Balaban J connectivity index is 1.26. The maximum atomic E-state index is 13.2. The van der Waals surface area contributed by atoms with Crippen LogP contribution in [0, 0.1) is 0 Å². The summed E-state index contributed by atoms with van der Waals surface area (Å²) in [6.07, 6.45) is 2.11. The Labute approximate surface area is 202 Å². The number of carbonyl (C=O) groups is 4. The van der Waals surface area contributed by atoms with Crippen LogP contribution in [0.3, 0.4) is 0 Å². The van der Waals surface area contributed by atoms with Gasteiger partial charge in [0.2, 0.25) is 11.8 Å². The van der Waals surface area contributed by atoms with Gasteiger partial charge in [-0.05, 0) is 55.3 Å². The van der Waals surface area contributed by atoms with Crippen molar-refractivity contribution in [3.63, 3.8) is 0 Å². The summed E-state index contributed by atoms with van der Waals surface area (Å²) in [5, 5.41) is 5.41. The summed E-state index contributed by atoms with van der Waals surface area (Å²) >= 11 is 0. The quantitative estimate of drug-likeness (QED) is 0.638. The lowest BCUT2D eigenvalue weighted by molar-refractivity contribution is -0.133. The third-order valence-electron chi connectivity index (χ3n) is 6.44. The fraction of sp³-hybridized carbons (Fsp3) is 0.360. The molecule has 0 bridgehead atoms. The van der Waals surface area contributed by atoms with Gasteiger partial charge in [0.05, 0.1) is 13.2 Å². The number of imide groups is 1. The van der Waals surface area contributed by atoms with Crippen molar-refractivity contribution in [2.45, 2.75) is 31.7 Å². The molecule has 182 valence electrons. The highest BCUT2D eigenvalue weighted by molar-refractivity contribution is 6.10. The molecule has 2 saturated heterocycles. The highest BCUT2D eigenvalue weighted by Gasteiger charge is 2.49. The molecule has 5 amide bonds. The van der Waals surface area contributed by atoms with Crippen LogP contribution < -0.4 is 25.0 Å². The fourth-order valence-electron chi connectivity index (χ4n) is 4.50. The zero-order chi connectivity index (χ0) is 24.6. The minimum Gasteiger partial charge on any atom is -0.490 e. The molecule has 1 atom stereocenters.